The zero-order valence-electron chi connectivity index (χ0n) is 22.3. The van der Waals surface area contributed by atoms with E-state index in [2.05, 4.69) is 15.6 Å². The summed E-state index contributed by atoms with van der Waals surface area (Å²) >= 11 is 0. The van der Waals surface area contributed by atoms with Crippen molar-refractivity contribution in [3.05, 3.63) is 83.9 Å². The fraction of sp³-hybridized carbons (Fsp3) is 0.357. The Kier molecular flexibility index (Phi) is 8.97. The number of carbonyl (C=O) groups excluding carboxylic acids is 1. The summed E-state index contributed by atoms with van der Waals surface area (Å²) in [6.45, 7) is 1.40. The highest BCUT2D eigenvalue weighted by molar-refractivity contribution is 5.99. The number of rotatable bonds is 7. The molecule has 2 amide bonds. The summed E-state index contributed by atoms with van der Waals surface area (Å²) in [5.74, 6) is -0.528. The van der Waals surface area contributed by atoms with Gasteiger partial charge in [-0.2, -0.15) is 26.3 Å². The lowest BCUT2D eigenvalue weighted by Crippen LogP contribution is -2.53. The highest BCUT2D eigenvalue weighted by Crippen LogP contribution is 2.50. The predicted octanol–water partition coefficient (Wildman–Crippen LogP) is 6.28. The second-order valence-electron chi connectivity index (χ2n) is 10.0. The van der Waals surface area contributed by atoms with Crippen molar-refractivity contribution in [1.29, 1.82) is 0 Å². The number of anilines is 3. The van der Waals surface area contributed by atoms with Crippen LogP contribution in [0.15, 0.2) is 67.0 Å². The number of carbonyl (C=O) groups is 1. The topological polar surface area (TPSA) is 80.7 Å². The molecule has 3 aromatic rings. The number of likely N-dealkylation sites (tertiary alicyclic amines) is 1. The van der Waals surface area contributed by atoms with E-state index < -0.39 is 35.4 Å². The molecule has 3 N–H and O–H groups in total. The van der Waals surface area contributed by atoms with E-state index in [9.17, 15) is 40.6 Å². The Morgan fingerprint density at radius 3 is 2.05 bits per heavy atom. The number of nitrogens with zero attached hydrogens (tertiary/aromatic N) is 3. The molecule has 1 aromatic heterocycles. The molecule has 14 heteroatoms. The number of benzene rings is 2. The number of aliphatic hydroxyl groups is 1. The van der Waals surface area contributed by atoms with Crippen LogP contribution in [0.2, 0.25) is 0 Å². The van der Waals surface area contributed by atoms with Crippen LogP contribution in [-0.4, -0.2) is 59.6 Å². The molecular formula is C28H28F7N5O2. The van der Waals surface area contributed by atoms with Crippen LogP contribution < -0.4 is 15.5 Å². The second kappa shape index (κ2) is 12.1. The lowest BCUT2D eigenvalue weighted by Gasteiger charge is -2.38. The zero-order chi connectivity index (χ0) is 30.7. The van der Waals surface area contributed by atoms with Gasteiger partial charge in [0.2, 0.25) is 0 Å². The van der Waals surface area contributed by atoms with Crippen LogP contribution in [-0.2, 0) is 12.1 Å². The van der Waals surface area contributed by atoms with Gasteiger partial charge in [-0.25, -0.2) is 9.18 Å². The summed E-state index contributed by atoms with van der Waals surface area (Å²) in [5, 5.41) is 14.7. The Balaban J connectivity index is 1.32. The second-order valence-corrected chi connectivity index (χ2v) is 10.0. The number of pyridine rings is 1. The molecule has 0 spiro atoms. The molecule has 0 unspecified atom stereocenters. The third-order valence-electron chi connectivity index (χ3n) is 7.23. The smallest absolute Gasteiger partial charge is 0.369 e. The average molecular weight is 600 g/mol. The minimum Gasteiger partial charge on any atom is -0.369 e. The van der Waals surface area contributed by atoms with E-state index in [1.54, 1.807) is 36.2 Å². The standard InChI is InChI=1S/C28H28F7N5O2/c1-39(24-7-6-21(16-23(24)29)38-25(41)37-20-8-12-36-13-9-20)22-10-14-40(15-11-22)17-18-2-4-19(5-3-18)26(42,27(30,31)32)28(33,34)35/h2-9,12-13,16,22,42H,10-11,14-15,17H2,1H3,(H2,36,37,38,41). The lowest BCUT2D eigenvalue weighted by molar-refractivity contribution is -0.376. The number of hydrogen-bond donors (Lipinski definition) is 3. The summed E-state index contributed by atoms with van der Waals surface area (Å²) in [6, 6.07) is 10.6. The Labute approximate surface area is 237 Å². The lowest BCUT2D eigenvalue weighted by atomic mass is 9.91. The van der Waals surface area contributed by atoms with Gasteiger partial charge in [0.05, 0.1) is 5.69 Å². The van der Waals surface area contributed by atoms with Gasteiger partial charge in [-0.1, -0.05) is 24.3 Å². The SMILES string of the molecule is CN(c1ccc(NC(=O)Nc2ccncc2)cc1F)C1CCN(Cc2ccc(C(O)(C(F)(F)F)C(F)(F)F)cc2)CC1. The Morgan fingerprint density at radius 1 is 0.929 bits per heavy atom. The number of nitrogens with one attached hydrogen (secondary N) is 2. The molecular weight excluding hydrogens is 571 g/mol. The molecule has 2 aromatic carbocycles. The van der Waals surface area contributed by atoms with Crippen LogP contribution in [0.1, 0.15) is 24.0 Å². The number of piperidine rings is 1. The maximum absolute atomic E-state index is 15.0. The summed E-state index contributed by atoms with van der Waals surface area (Å²) in [6.07, 6.45) is -7.58. The third kappa shape index (κ3) is 6.76. The monoisotopic (exact) mass is 599 g/mol. The average Bonchev–Trinajstić information content (AvgIpc) is 2.92. The van der Waals surface area contributed by atoms with Crippen molar-refractivity contribution < 1.29 is 40.6 Å². The maximum atomic E-state index is 15.0. The van der Waals surface area contributed by atoms with E-state index >= 15 is 0 Å². The van der Waals surface area contributed by atoms with Gasteiger partial charge in [0.1, 0.15) is 5.82 Å². The first-order valence-corrected chi connectivity index (χ1v) is 12.9. The summed E-state index contributed by atoms with van der Waals surface area (Å²) < 4.78 is 93.7. The van der Waals surface area contributed by atoms with Crippen molar-refractivity contribution in [2.24, 2.45) is 0 Å². The molecule has 4 rings (SSSR count). The van der Waals surface area contributed by atoms with Crippen molar-refractivity contribution >= 4 is 23.1 Å². The molecule has 2 heterocycles. The first-order chi connectivity index (χ1) is 19.7. The molecule has 1 aliphatic rings. The molecule has 0 bridgehead atoms. The normalized spacial score (nSPS) is 15.4. The molecule has 7 nitrogen and oxygen atoms in total. The van der Waals surface area contributed by atoms with Crippen LogP contribution >= 0.6 is 0 Å². The van der Waals surface area contributed by atoms with Crippen molar-refractivity contribution in [3.8, 4) is 0 Å². The van der Waals surface area contributed by atoms with Crippen LogP contribution in [0, 0.1) is 5.82 Å². The van der Waals surface area contributed by atoms with E-state index in [0.717, 1.165) is 12.1 Å². The van der Waals surface area contributed by atoms with Crippen molar-refractivity contribution in [2.45, 2.75) is 43.4 Å². The summed E-state index contributed by atoms with van der Waals surface area (Å²) in [5.41, 5.74) is -4.65. The molecule has 1 fully saturated rings. The van der Waals surface area contributed by atoms with Crippen LogP contribution in [0.3, 0.4) is 0 Å². The molecule has 226 valence electrons. The fourth-order valence-corrected chi connectivity index (χ4v) is 4.86. The highest BCUT2D eigenvalue weighted by atomic mass is 19.4. The minimum atomic E-state index is -5.94. The first kappa shape index (κ1) is 31.0. The molecule has 1 saturated heterocycles. The van der Waals surface area contributed by atoms with Gasteiger partial charge >= 0.3 is 18.4 Å². The number of urea groups is 1. The van der Waals surface area contributed by atoms with Gasteiger partial charge in [-0.15, -0.1) is 0 Å². The first-order valence-electron chi connectivity index (χ1n) is 12.9. The molecule has 0 saturated carbocycles. The number of aromatic nitrogens is 1. The fourth-order valence-electron chi connectivity index (χ4n) is 4.86. The molecule has 0 aliphatic carbocycles. The molecule has 1 aliphatic heterocycles. The van der Waals surface area contributed by atoms with E-state index in [-0.39, 0.29) is 18.3 Å². The number of alkyl halides is 6. The number of amides is 2. The Hall–Kier alpha value is -3.91. The number of halogens is 7. The molecule has 0 atom stereocenters. The van der Waals surface area contributed by atoms with Crippen molar-refractivity contribution in [1.82, 2.24) is 9.88 Å². The zero-order valence-corrected chi connectivity index (χ0v) is 22.3. The largest absolute Gasteiger partial charge is 0.430 e. The number of hydrogen-bond acceptors (Lipinski definition) is 5. The molecule has 0 radical (unpaired) electrons. The predicted molar refractivity (Wildman–Crippen MR) is 142 cm³/mol. The quantitative estimate of drug-likeness (QED) is 0.279. The molecule has 42 heavy (non-hydrogen) atoms. The third-order valence-corrected chi connectivity index (χ3v) is 7.23. The van der Waals surface area contributed by atoms with Gasteiger partial charge in [0.15, 0.2) is 0 Å². The van der Waals surface area contributed by atoms with Gasteiger partial charge in [0, 0.05) is 62.1 Å². The van der Waals surface area contributed by atoms with Crippen molar-refractivity contribution in [2.75, 3.05) is 35.7 Å². The van der Waals surface area contributed by atoms with E-state index in [4.69, 9.17) is 0 Å². The van der Waals surface area contributed by atoms with E-state index in [1.165, 1.54) is 18.5 Å². The van der Waals surface area contributed by atoms with E-state index in [0.29, 0.717) is 55.0 Å². The maximum Gasteiger partial charge on any atom is 0.430 e. The van der Waals surface area contributed by atoms with Crippen molar-refractivity contribution in [3.63, 3.8) is 0 Å². The van der Waals surface area contributed by atoms with Gasteiger partial charge < -0.3 is 20.6 Å². The minimum absolute atomic E-state index is 0.0273. The van der Waals surface area contributed by atoms with Gasteiger partial charge in [-0.05, 0) is 48.7 Å². The van der Waals surface area contributed by atoms with Gasteiger partial charge in [-0.3, -0.25) is 9.88 Å². The Morgan fingerprint density at radius 2 is 1.50 bits per heavy atom. The van der Waals surface area contributed by atoms with Crippen LogP contribution in [0.5, 0.6) is 0 Å². The van der Waals surface area contributed by atoms with E-state index in [1.807, 2.05) is 4.90 Å². The Bertz CT molecular complexity index is 1350. The highest BCUT2D eigenvalue weighted by Gasteiger charge is 2.71. The summed E-state index contributed by atoms with van der Waals surface area (Å²) in [7, 11) is 1.75. The van der Waals surface area contributed by atoms with Crippen LogP contribution in [0.4, 0.5) is 52.6 Å². The van der Waals surface area contributed by atoms with Crippen LogP contribution in [0.25, 0.3) is 0 Å². The summed E-state index contributed by atoms with van der Waals surface area (Å²) in [4.78, 5) is 19.8. The van der Waals surface area contributed by atoms with Gasteiger partial charge in [0.25, 0.3) is 5.60 Å².